The Morgan fingerprint density at radius 3 is 2.94 bits per heavy atom. The van der Waals surface area contributed by atoms with Gasteiger partial charge in [-0.05, 0) is 49.6 Å². The van der Waals surface area contributed by atoms with Gasteiger partial charge in [0.15, 0.2) is 5.82 Å². The third kappa shape index (κ3) is 4.03. The van der Waals surface area contributed by atoms with Crippen molar-refractivity contribution in [1.29, 1.82) is 0 Å². The number of primary amides is 1. The van der Waals surface area contributed by atoms with Crippen LogP contribution in [0.15, 0.2) is 42.6 Å². The highest BCUT2D eigenvalue weighted by Crippen LogP contribution is 2.29. The first-order valence-corrected chi connectivity index (χ1v) is 10.7. The Balaban J connectivity index is 1.62. The van der Waals surface area contributed by atoms with E-state index in [4.69, 9.17) is 20.4 Å². The number of nitrogens with zero attached hydrogens (tertiary/aromatic N) is 4. The second-order valence-corrected chi connectivity index (χ2v) is 7.99. The quantitative estimate of drug-likeness (QED) is 0.487. The van der Waals surface area contributed by atoms with Crippen LogP contribution in [-0.2, 0) is 24.3 Å². The number of aromatic nitrogens is 4. The average Bonchev–Trinajstić information content (AvgIpc) is 2.96. The molecule has 4 aromatic rings. The van der Waals surface area contributed by atoms with E-state index in [1.807, 2.05) is 19.2 Å². The Kier molecular flexibility index (Phi) is 5.47. The van der Waals surface area contributed by atoms with Crippen LogP contribution < -0.4 is 11.1 Å². The molecule has 0 unspecified atom stereocenters. The van der Waals surface area contributed by atoms with E-state index in [0.29, 0.717) is 54.0 Å². The van der Waals surface area contributed by atoms with Gasteiger partial charge in [0.2, 0.25) is 0 Å². The number of carbonyl (C=O) groups excluding carboxylic acids is 1. The molecule has 3 N–H and O–H groups in total. The minimum Gasteiger partial charge on any atom is -0.377 e. The third-order valence-electron chi connectivity index (χ3n) is 5.69. The first-order chi connectivity index (χ1) is 16.0. The number of amides is 1. The minimum atomic E-state index is -0.547. The molecule has 8 nitrogen and oxygen atoms in total. The number of halogens is 1. The van der Waals surface area contributed by atoms with E-state index >= 15 is 0 Å². The van der Waals surface area contributed by atoms with Gasteiger partial charge in [0, 0.05) is 24.9 Å². The van der Waals surface area contributed by atoms with Crippen LogP contribution in [-0.4, -0.2) is 31.9 Å². The standard InChI is InChI=1S/C24H23FN6O2/c1-14-20(31-9-3-7-17(21(26)32)24(31)28-14)23-29-19-8-4-10-33-13-18(19)22(30-23)27-12-15-5-2-6-16(25)11-15/h2-3,5-7,9,11H,4,8,10,12-13H2,1H3,(H2,26,32)(H,27,29,30). The van der Waals surface area contributed by atoms with Gasteiger partial charge in [0.05, 0.1) is 23.6 Å². The van der Waals surface area contributed by atoms with Crippen LogP contribution in [0.3, 0.4) is 0 Å². The summed E-state index contributed by atoms with van der Waals surface area (Å²) in [5.41, 5.74) is 10.3. The van der Waals surface area contributed by atoms with Crippen molar-refractivity contribution >= 4 is 17.4 Å². The summed E-state index contributed by atoms with van der Waals surface area (Å²) in [4.78, 5) is 26.1. The molecule has 9 heteroatoms. The number of nitrogens with one attached hydrogen (secondary N) is 1. The van der Waals surface area contributed by atoms with E-state index in [-0.39, 0.29) is 5.82 Å². The van der Waals surface area contributed by atoms with Crippen LogP contribution in [0.4, 0.5) is 10.2 Å². The van der Waals surface area contributed by atoms with E-state index in [9.17, 15) is 9.18 Å². The molecule has 0 bridgehead atoms. The Hall–Kier alpha value is -3.85. The summed E-state index contributed by atoms with van der Waals surface area (Å²) in [6, 6.07) is 9.84. The first-order valence-electron chi connectivity index (χ1n) is 10.7. The minimum absolute atomic E-state index is 0.286. The van der Waals surface area contributed by atoms with Crippen molar-refractivity contribution in [2.24, 2.45) is 5.73 Å². The molecule has 5 rings (SSSR count). The molecule has 1 amide bonds. The van der Waals surface area contributed by atoms with Gasteiger partial charge in [-0.1, -0.05) is 12.1 Å². The number of aryl methyl sites for hydroxylation is 2. The van der Waals surface area contributed by atoms with E-state index < -0.39 is 5.91 Å². The number of anilines is 1. The van der Waals surface area contributed by atoms with Gasteiger partial charge in [-0.2, -0.15) is 0 Å². The molecule has 0 atom stereocenters. The molecular weight excluding hydrogens is 423 g/mol. The van der Waals surface area contributed by atoms with Crippen molar-refractivity contribution < 1.29 is 13.9 Å². The van der Waals surface area contributed by atoms with Gasteiger partial charge in [0.25, 0.3) is 5.91 Å². The van der Waals surface area contributed by atoms with E-state index in [1.54, 1.807) is 22.6 Å². The molecule has 33 heavy (non-hydrogen) atoms. The molecule has 1 aliphatic rings. The fourth-order valence-electron chi connectivity index (χ4n) is 4.13. The largest absolute Gasteiger partial charge is 0.377 e. The molecule has 4 heterocycles. The molecule has 0 spiro atoms. The van der Waals surface area contributed by atoms with Gasteiger partial charge < -0.3 is 15.8 Å². The molecule has 0 fully saturated rings. The van der Waals surface area contributed by atoms with Crippen LogP contribution >= 0.6 is 0 Å². The molecule has 1 aliphatic heterocycles. The molecule has 0 saturated heterocycles. The Bertz CT molecular complexity index is 1370. The maximum Gasteiger partial charge on any atom is 0.252 e. The topological polar surface area (TPSA) is 107 Å². The normalized spacial score (nSPS) is 13.5. The summed E-state index contributed by atoms with van der Waals surface area (Å²) in [5, 5.41) is 3.34. The maximum absolute atomic E-state index is 13.6. The molecular formula is C24H23FN6O2. The summed E-state index contributed by atoms with van der Waals surface area (Å²) in [6.45, 7) is 3.30. The highest BCUT2D eigenvalue weighted by molar-refractivity contribution is 5.99. The number of pyridine rings is 1. The van der Waals surface area contributed by atoms with Crippen molar-refractivity contribution in [3.63, 3.8) is 0 Å². The number of fused-ring (bicyclic) bond motifs is 2. The lowest BCUT2D eigenvalue weighted by atomic mass is 10.1. The van der Waals surface area contributed by atoms with Gasteiger partial charge in [-0.25, -0.2) is 19.3 Å². The van der Waals surface area contributed by atoms with Gasteiger partial charge in [-0.3, -0.25) is 9.20 Å². The van der Waals surface area contributed by atoms with Crippen molar-refractivity contribution in [3.8, 4) is 11.5 Å². The number of carbonyl (C=O) groups is 1. The van der Waals surface area contributed by atoms with Gasteiger partial charge in [0.1, 0.15) is 23.0 Å². The SMILES string of the molecule is Cc1nc2c(C(N)=O)cccn2c1-c1nc2c(c(NCc3cccc(F)c3)n1)COCCC2. The van der Waals surface area contributed by atoms with Gasteiger partial charge in [-0.15, -0.1) is 0 Å². The van der Waals surface area contributed by atoms with E-state index in [0.717, 1.165) is 29.7 Å². The number of rotatable bonds is 5. The second kappa shape index (κ2) is 8.59. The monoisotopic (exact) mass is 446 g/mol. The van der Waals surface area contributed by atoms with Crippen LogP contribution in [0.25, 0.3) is 17.2 Å². The summed E-state index contributed by atoms with van der Waals surface area (Å²) in [6.07, 6.45) is 3.42. The molecule has 168 valence electrons. The van der Waals surface area contributed by atoms with Crippen molar-refractivity contribution in [2.75, 3.05) is 11.9 Å². The zero-order valence-electron chi connectivity index (χ0n) is 18.1. The summed E-state index contributed by atoms with van der Waals surface area (Å²) in [5.74, 6) is 0.298. The van der Waals surface area contributed by atoms with E-state index in [1.165, 1.54) is 12.1 Å². The number of ether oxygens (including phenoxy) is 1. The number of hydrogen-bond acceptors (Lipinski definition) is 6. The maximum atomic E-state index is 13.6. The highest BCUT2D eigenvalue weighted by Gasteiger charge is 2.22. The molecule has 0 aliphatic carbocycles. The molecule has 3 aromatic heterocycles. The lowest BCUT2D eigenvalue weighted by Gasteiger charge is -2.15. The predicted octanol–water partition coefficient (Wildman–Crippen LogP) is 3.41. The van der Waals surface area contributed by atoms with Gasteiger partial charge >= 0.3 is 0 Å². The van der Waals surface area contributed by atoms with Crippen molar-refractivity contribution in [3.05, 3.63) is 76.5 Å². The van der Waals surface area contributed by atoms with Crippen LogP contribution in [0.5, 0.6) is 0 Å². The predicted molar refractivity (Wildman–Crippen MR) is 121 cm³/mol. The zero-order chi connectivity index (χ0) is 22.9. The summed E-state index contributed by atoms with van der Waals surface area (Å²) in [7, 11) is 0. The zero-order valence-corrected chi connectivity index (χ0v) is 18.1. The number of hydrogen-bond donors (Lipinski definition) is 2. The molecule has 0 saturated carbocycles. The number of imidazole rings is 1. The first kappa shape index (κ1) is 21.0. The number of benzene rings is 1. The summed E-state index contributed by atoms with van der Waals surface area (Å²) >= 11 is 0. The lowest BCUT2D eigenvalue weighted by molar-refractivity contribution is 0.100. The van der Waals surface area contributed by atoms with Crippen LogP contribution in [0.2, 0.25) is 0 Å². The Labute approximate surface area is 189 Å². The fraction of sp³-hybridized carbons (Fsp3) is 0.250. The highest BCUT2D eigenvalue weighted by atomic mass is 19.1. The second-order valence-electron chi connectivity index (χ2n) is 7.99. The van der Waals surface area contributed by atoms with E-state index in [2.05, 4.69) is 10.3 Å². The van der Waals surface area contributed by atoms with Crippen molar-refractivity contribution in [2.45, 2.75) is 32.9 Å². The van der Waals surface area contributed by atoms with Crippen molar-refractivity contribution in [1.82, 2.24) is 19.4 Å². The Morgan fingerprint density at radius 1 is 1.24 bits per heavy atom. The van der Waals surface area contributed by atoms with Crippen LogP contribution in [0.1, 0.15) is 39.3 Å². The lowest BCUT2D eigenvalue weighted by Crippen LogP contribution is -2.13. The summed E-state index contributed by atoms with van der Waals surface area (Å²) < 4.78 is 21.2. The molecule has 0 radical (unpaired) electrons. The molecule has 1 aromatic carbocycles. The average molecular weight is 446 g/mol. The van der Waals surface area contributed by atoms with Crippen LogP contribution in [0, 0.1) is 12.7 Å². The number of nitrogens with two attached hydrogens (primary N) is 1. The fourth-order valence-corrected chi connectivity index (χ4v) is 4.13. The third-order valence-corrected chi connectivity index (χ3v) is 5.69. The Morgan fingerprint density at radius 2 is 2.12 bits per heavy atom. The smallest absolute Gasteiger partial charge is 0.252 e.